The van der Waals surface area contributed by atoms with Gasteiger partial charge in [0.1, 0.15) is 30.0 Å². The standard InChI is InChI=1S/C19H18ClN3O3/c1-12-2-4-13(5-3-12)19(24)25-10-14-6-7-16(26-14)23-9-8-15-17(20)21-11-22-18(15)23/h2-5,8-9,11,14,16H,6-7,10H2,1H3/t14-,16-/m1/s1. The lowest BCUT2D eigenvalue weighted by Gasteiger charge is -2.16. The molecule has 4 rings (SSSR count). The second kappa shape index (κ2) is 7.05. The van der Waals surface area contributed by atoms with E-state index in [9.17, 15) is 4.79 Å². The summed E-state index contributed by atoms with van der Waals surface area (Å²) in [4.78, 5) is 20.4. The van der Waals surface area contributed by atoms with Gasteiger partial charge in [0.05, 0.1) is 17.1 Å². The summed E-state index contributed by atoms with van der Waals surface area (Å²) in [6, 6.07) is 9.20. The predicted octanol–water partition coefficient (Wildman–Crippen LogP) is 3.93. The predicted molar refractivity (Wildman–Crippen MR) is 97.1 cm³/mol. The second-order valence-electron chi connectivity index (χ2n) is 6.38. The molecular formula is C19H18ClN3O3. The van der Waals surface area contributed by atoms with Gasteiger partial charge in [-0.3, -0.25) is 0 Å². The lowest BCUT2D eigenvalue weighted by Crippen LogP contribution is -2.19. The number of aryl methyl sites for hydroxylation is 1. The van der Waals surface area contributed by atoms with Gasteiger partial charge in [-0.05, 0) is 38.0 Å². The average Bonchev–Trinajstić information content (AvgIpc) is 3.27. The summed E-state index contributed by atoms with van der Waals surface area (Å²) in [5, 5.41) is 1.22. The molecule has 0 N–H and O–H groups in total. The zero-order valence-electron chi connectivity index (χ0n) is 14.3. The van der Waals surface area contributed by atoms with Gasteiger partial charge in [-0.1, -0.05) is 29.3 Å². The van der Waals surface area contributed by atoms with Crippen LogP contribution in [0.5, 0.6) is 0 Å². The van der Waals surface area contributed by atoms with E-state index < -0.39 is 0 Å². The van der Waals surface area contributed by atoms with Crippen molar-refractivity contribution in [1.82, 2.24) is 14.5 Å². The van der Waals surface area contributed by atoms with Crippen LogP contribution in [0.2, 0.25) is 5.15 Å². The Bertz CT molecular complexity index is 939. The van der Waals surface area contributed by atoms with E-state index in [1.54, 1.807) is 12.1 Å². The molecule has 1 saturated heterocycles. The van der Waals surface area contributed by atoms with Crippen molar-refractivity contribution in [2.75, 3.05) is 6.61 Å². The molecule has 2 atom stereocenters. The molecule has 2 aromatic heterocycles. The zero-order chi connectivity index (χ0) is 18.1. The summed E-state index contributed by atoms with van der Waals surface area (Å²) >= 11 is 6.10. The Hall–Kier alpha value is -2.44. The van der Waals surface area contributed by atoms with E-state index in [1.807, 2.05) is 35.9 Å². The van der Waals surface area contributed by atoms with Crippen LogP contribution in [0.25, 0.3) is 11.0 Å². The Morgan fingerprint density at radius 2 is 2.08 bits per heavy atom. The number of hydrogen-bond acceptors (Lipinski definition) is 5. The molecule has 1 aromatic carbocycles. The summed E-state index contributed by atoms with van der Waals surface area (Å²) in [6.07, 6.45) is 4.68. The molecule has 0 unspecified atom stereocenters. The van der Waals surface area contributed by atoms with E-state index in [4.69, 9.17) is 21.1 Å². The van der Waals surface area contributed by atoms with Crippen LogP contribution in [0.3, 0.4) is 0 Å². The summed E-state index contributed by atoms with van der Waals surface area (Å²) in [5.41, 5.74) is 2.39. The van der Waals surface area contributed by atoms with Crippen molar-refractivity contribution in [3.05, 3.63) is 59.1 Å². The van der Waals surface area contributed by atoms with Crippen LogP contribution in [0.1, 0.15) is 35.0 Å². The van der Waals surface area contributed by atoms with Gasteiger partial charge in [0.25, 0.3) is 0 Å². The molecule has 7 heteroatoms. The number of carbonyl (C=O) groups excluding carboxylic acids is 1. The fourth-order valence-corrected chi connectivity index (χ4v) is 3.32. The van der Waals surface area contributed by atoms with Gasteiger partial charge < -0.3 is 14.0 Å². The monoisotopic (exact) mass is 371 g/mol. The molecule has 3 heterocycles. The fraction of sp³-hybridized carbons (Fsp3) is 0.316. The highest BCUT2D eigenvalue weighted by molar-refractivity contribution is 6.33. The van der Waals surface area contributed by atoms with Crippen molar-refractivity contribution >= 4 is 28.6 Å². The first-order valence-electron chi connectivity index (χ1n) is 8.48. The molecular weight excluding hydrogens is 354 g/mol. The fourth-order valence-electron chi connectivity index (χ4n) is 3.13. The largest absolute Gasteiger partial charge is 0.459 e. The molecule has 0 saturated carbocycles. The minimum Gasteiger partial charge on any atom is -0.459 e. The van der Waals surface area contributed by atoms with E-state index in [2.05, 4.69) is 9.97 Å². The van der Waals surface area contributed by atoms with Crippen LogP contribution in [0.4, 0.5) is 0 Å². The number of fused-ring (bicyclic) bond motifs is 1. The van der Waals surface area contributed by atoms with Crippen LogP contribution < -0.4 is 0 Å². The molecule has 3 aromatic rings. The first kappa shape index (κ1) is 17.0. The van der Waals surface area contributed by atoms with Gasteiger partial charge in [0.2, 0.25) is 0 Å². The maximum atomic E-state index is 12.1. The van der Waals surface area contributed by atoms with Crippen LogP contribution >= 0.6 is 11.6 Å². The zero-order valence-corrected chi connectivity index (χ0v) is 15.0. The minimum absolute atomic E-state index is 0.135. The summed E-state index contributed by atoms with van der Waals surface area (Å²) in [7, 11) is 0. The van der Waals surface area contributed by atoms with E-state index in [1.165, 1.54) is 6.33 Å². The first-order chi connectivity index (χ1) is 12.6. The average molecular weight is 372 g/mol. The van der Waals surface area contributed by atoms with E-state index >= 15 is 0 Å². The lowest BCUT2D eigenvalue weighted by molar-refractivity contribution is -0.0307. The highest BCUT2D eigenvalue weighted by atomic mass is 35.5. The van der Waals surface area contributed by atoms with Crippen molar-refractivity contribution in [2.45, 2.75) is 32.1 Å². The number of nitrogens with zero attached hydrogens (tertiary/aromatic N) is 3. The number of hydrogen-bond donors (Lipinski definition) is 0. The van der Waals surface area contributed by atoms with Crippen molar-refractivity contribution in [3.8, 4) is 0 Å². The third kappa shape index (κ3) is 3.30. The summed E-state index contributed by atoms with van der Waals surface area (Å²) < 4.78 is 13.4. The first-order valence-corrected chi connectivity index (χ1v) is 8.86. The summed E-state index contributed by atoms with van der Waals surface area (Å²) in [6.45, 7) is 2.21. The number of rotatable bonds is 4. The van der Waals surface area contributed by atoms with Gasteiger partial charge in [-0.25, -0.2) is 14.8 Å². The van der Waals surface area contributed by atoms with Crippen LogP contribution in [0.15, 0.2) is 42.9 Å². The molecule has 134 valence electrons. The normalized spacial score (nSPS) is 19.8. The second-order valence-corrected chi connectivity index (χ2v) is 6.74. The number of benzene rings is 1. The number of halogens is 1. The highest BCUT2D eigenvalue weighted by Gasteiger charge is 2.29. The molecule has 1 fully saturated rings. The molecule has 1 aliphatic heterocycles. The van der Waals surface area contributed by atoms with Gasteiger partial charge in [0.15, 0.2) is 0 Å². The molecule has 0 amide bonds. The van der Waals surface area contributed by atoms with Crippen molar-refractivity contribution < 1.29 is 14.3 Å². The lowest BCUT2D eigenvalue weighted by atomic mass is 10.1. The molecule has 26 heavy (non-hydrogen) atoms. The molecule has 0 aliphatic carbocycles. The smallest absolute Gasteiger partial charge is 0.338 e. The number of aromatic nitrogens is 3. The summed E-state index contributed by atoms with van der Waals surface area (Å²) in [5.74, 6) is -0.331. The Labute approximate surface area is 155 Å². The SMILES string of the molecule is Cc1ccc(C(=O)OC[C@H]2CC[C@H](n3ccc4c(Cl)ncnc43)O2)cc1. The van der Waals surface area contributed by atoms with Crippen LogP contribution in [0, 0.1) is 6.92 Å². The third-order valence-electron chi connectivity index (χ3n) is 4.54. The van der Waals surface area contributed by atoms with Gasteiger partial charge in [0, 0.05) is 6.20 Å². The number of carbonyl (C=O) groups is 1. The minimum atomic E-state index is -0.331. The molecule has 0 bridgehead atoms. The van der Waals surface area contributed by atoms with E-state index in [-0.39, 0.29) is 24.9 Å². The third-order valence-corrected chi connectivity index (χ3v) is 4.84. The number of esters is 1. The quantitative estimate of drug-likeness (QED) is 0.513. The Kier molecular flexibility index (Phi) is 4.61. The Morgan fingerprint density at radius 1 is 1.27 bits per heavy atom. The molecule has 6 nitrogen and oxygen atoms in total. The number of ether oxygens (including phenoxy) is 2. The van der Waals surface area contributed by atoms with Crippen LogP contribution in [-0.2, 0) is 9.47 Å². The van der Waals surface area contributed by atoms with Crippen molar-refractivity contribution in [3.63, 3.8) is 0 Å². The van der Waals surface area contributed by atoms with Gasteiger partial charge >= 0.3 is 5.97 Å². The van der Waals surface area contributed by atoms with Crippen molar-refractivity contribution in [2.24, 2.45) is 0 Å². The van der Waals surface area contributed by atoms with Crippen LogP contribution in [-0.4, -0.2) is 33.2 Å². The van der Waals surface area contributed by atoms with E-state index in [0.717, 1.165) is 29.4 Å². The van der Waals surface area contributed by atoms with Crippen molar-refractivity contribution in [1.29, 1.82) is 0 Å². The van der Waals surface area contributed by atoms with E-state index in [0.29, 0.717) is 10.7 Å². The Morgan fingerprint density at radius 3 is 2.88 bits per heavy atom. The molecule has 1 aliphatic rings. The Balaban J connectivity index is 1.38. The molecule has 0 spiro atoms. The van der Waals surface area contributed by atoms with Gasteiger partial charge in [-0.2, -0.15) is 0 Å². The highest BCUT2D eigenvalue weighted by Crippen LogP contribution is 2.32. The topological polar surface area (TPSA) is 66.2 Å². The maximum Gasteiger partial charge on any atom is 0.338 e. The molecule has 0 radical (unpaired) electrons. The maximum absolute atomic E-state index is 12.1. The van der Waals surface area contributed by atoms with Gasteiger partial charge in [-0.15, -0.1) is 0 Å².